The van der Waals surface area contributed by atoms with E-state index in [1.807, 2.05) is 30.3 Å². The lowest BCUT2D eigenvalue weighted by atomic mass is 10.1. The second-order valence-corrected chi connectivity index (χ2v) is 6.11. The van der Waals surface area contributed by atoms with Crippen LogP contribution < -0.4 is 10.1 Å². The van der Waals surface area contributed by atoms with E-state index in [1.165, 1.54) is 5.52 Å². The molecule has 0 amide bonds. The van der Waals surface area contributed by atoms with Crippen LogP contribution in [0.2, 0.25) is 0 Å². The first-order valence-corrected chi connectivity index (χ1v) is 8.03. The molecule has 0 fully saturated rings. The minimum Gasteiger partial charge on any atom is -0.497 e. The molecule has 1 aromatic heterocycles. The average Bonchev–Trinajstić information content (AvgIpc) is 2.90. The standard InChI is InChI=1S/C19H23N3O/c1-14(2)12-13-22-18-7-5-4-6-17(18)21-19(22)20-15-8-10-16(23-3)11-9-15/h4-11,14H,12-13H2,1-3H3,(H,20,21). The molecule has 4 heteroatoms. The summed E-state index contributed by atoms with van der Waals surface area (Å²) in [6.45, 7) is 5.45. The van der Waals surface area contributed by atoms with Gasteiger partial charge in [0.2, 0.25) is 5.95 Å². The SMILES string of the molecule is COc1ccc(Nc2nc3ccccc3n2CCC(C)C)cc1. The number of hydrogen-bond acceptors (Lipinski definition) is 3. The highest BCUT2D eigenvalue weighted by Crippen LogP contribution is 2.25. The number of para-hydroxylation sites is 2. The minimum absolute atomic E-state index is 0.657. The molecule has 120 valence electrons. The van der Waals surface area contributed by atoms with Gasteiger partial charge in [-0.05, 0) is 48.7 Å². The van der Waals surface area contributed by atoms with E-state index in [-0.39, 0.29) is 0 Å². The predicted octanol–water partition coefficient (Wildman–Crippen LogP) is 4.83. The summed E-state index contributed by atoms with van der Waals surface area (Å²) in [4.78, 5) is 4.75. The van der Waals surface area contributed by atoms with Crippen LogP contribution in [0, 0.1) is 5.92 Å². The highest BCUT2D eigenvalue weighted by Gasteiger charge is 2.11. The second kappa shape index (κ2) is 6.73. The number of methoxy groups -OCH3 is 1. The van der Waals surface area contributed by atoms with Gasteiger partial charge in [-0.25, -0.2) is 4.98 Å². The Bertz CT molecular complexity index is 775. The molecule has 23 heavy (non-hydrogen) atoms. The largest absolute Gasteiger partial charge is 0.497 e. The lowest BCUT2D eigenvalue weighted by molar-refractivity contribution is 0.415. The van der Waals surface area contributed by atoms with Crippen LogP contribution in [0.4, 0.5) is 11.6 Å². The molecule has 0 radical (unpaired) electrons. The Hall–Kier alpha value is -2.49. The van der Waals surface area contributed by atoms with Crippen LogP contribution in [-0.2, 0) is 6.54 Å². The van der Waals surface area contributed by atoms with Gasteiger partial charge in [-0.1, -0.05) is 26.0 Å². The van der Waals surface area contributed by atoms with E-state index in [4.69, 9.17) is 9.72 Å². The van der Waals surface area contributed by atoms with Gasteiger partial charge in [0.1, 0.15) is 5.75 Å². The number of rotatable bonds is 6. The van der Waals surface area contributed by atoms with Crippen LogP contribution in [0.25, 0.3) is 11.0 Å². The third-order valence-electron chi connectivity index (χ3n) is 3.93. The van der Waals surface area contributed by atoms with Gasteiger partial charge in [-0.3, -0.25) is 0 Å². The van der Waals surface area contributed by atoms with Crippen molar-refractivity contribution < 1.29 is 4.74 Å². The fourth-order valence-corrected chi connectivity index (χ4v) is 2.59. The van der Waals surface area contributed by atoms with Crippen molar-refractivity contribution >= 4 is 22.7 Å². The van der Waals surface area contributed by atoms with Gasteiger partial charge >= 0.3 is 0 Å². The van der Waals surface area contributed by atoms with Crippen LogP contribution in [0.5, 0.6) is 5.75 Å². The Morgan fingerprint density at radius 1 is 1.09 bits per heavy atom. The molecule has 3 aromatic rings. The quantitative estimate of drug-likeness (QED) is 0.708. The van der Waals surface area contributed by atoms with Gasteiger partial charge in [0, 0.05) is 12.2 Å². The first-order chi connectivity index (χ1) is 11.2. The first-order valence-electron chi connectivity index (χ1n) is 8.03. The molecule has 3 rings (SSSR count). The molecular formula is C19H23N3O. The monoisotopic (exact) mass is 309 g/mol. The summed E-state index contributed by atoms with van der Waals surface area (Å²) in [6.07, 6.45) is 1.12. The highest BCUT2D eigenvalue weighted by atomic mass is 16.5. The Morgan fingerprint density at radius 2 is 1.83 bits per heavy atom. The average molecular weight is 309 g/mol. The van der Waals surface area contributed by atoms with Gasteiger partial charge in [0.05, 0.1) is 18.1 Å². The van der Waals surface area contributed by atoms with E-state index in [9.17, 15) is 0 Å². The summed E-state index contributed by atoms with van der Waals surface area (Å²) in [5, 5.41) is 3.43. The number of benzene rings is 2. The summed E-state index contributed by atoms with van der Waals surface area (Å²) in [6, 6.07) is 16.2. The van der Waals surface area contributed by atoms with Crippen molar-refractivity contribution in [2.24, 2.45) is 5.92 Å². The maximum absolute atomic E-state index is 5.21. The minimum atomic E-state index is 0.657. The van der Waals surface area contributed by atoms with Crippen molar-refractivity contribution in [1.82, 2.24) is 9.55 Å². The number of imidazole rings is 1. The molecule has 0 saturated heterocycles. The maximum Gasteiger partial charge on any atom is 0.208 e. The number of nitrogens with zero attached hydrogens (tertiary/aromatic N) is 2. The van der Waals surface area contributed by atoms with Gasteiger partial charge in [-0.2, -0.15) is 0 Å². The molecule has 1 heterocycles. The molecule has 0 unspecified atom stereocenters. The van der Waals surface area contributed by atoms with Gasteiger partial charge in [0.25, 0.3) is 0 Å². The second-order valence-electron chi connectivity index (χ2n) is 6.11. The number of aryl methyl sites for hydroxylation is 1. The molecule has 2 aromatic carbocycles. The zero-order chi connectivity index (χ0) is 16.2. The molecule has 0 aliphatic heterocycles. The van der Waals surface area contributed by atoms with E-state index in [0.717, 1.165) is 35.9 Å². The fourth-order valence-electron chi connectivity index (χ4n) is 2.59. The first kappa shape index (κ1) is 15.4. The van der Waals surface area contributed by atoms with Crippen molar-refractivity contribution in [3.05, 3.63) is 48.5 Å². The molecule has 0 aliphatic carbocycles. The van der Waals surface area contributed by atoms with E-state index in [0.29, 0.717) is 5.92 Å². The maximum atomic E-state index is 5.21. The molecule has 4 nitrogen and oxygen atoms in total. The summed E-state index contributed by atoms with van der Waals surface area (Å²) < 4.78 is 7.47. The number of aromatic nitrogens is 2. The van der Waals surface area contributed by atoms with Crippen molar-refractivity contribution in [3.8, 4) is 5.75 Å². The molecule has 0 saturated carbocycles. The van der Waals surface area contributed by atoms with Crippen LogP contribution in [-0.4, -0.2) is 16.7 Å². The number of nitrogens with one attached hydrogen (secondary N) is 1. The molecule has 0 aliphatic rings. The zero-order valence-corrected chi connectivity index (χ0v) is 13.9. The zero-order valence-electron chi connectivity index (χ0n) is 13.9. The number of hydrogen-bond donors (Lipinski definition) is 1. The van der Waals surface area contributed by atoms with Gasteiger partial charge in [-0.15, -0.1) is 0 Å². The van der Waals surface area contributed by atoms with Crippen LogP contribution in [0.1, 0.15) is 20.3 Å². The summed E-state index contributed by atoms with van der Waals surface area (Å²) in [5.74, 6) is 2.39. The predicted molar refractivity (Wildman–Crippen MR) is 95.5 cm³/mol. The van der Waals surface area contributed by atoms with E-state index >= 15 is 0 Å². The highest BCUT2D eigenvalue weighted by molar-refractivity contribution is 5.79. The van der Waals surface area contributed by atoms with Gasteiger partial charge in [0.15, 0.2) is 0 Å². The van der Waals surface area contributed by atoms with Crippen LogP contribution in [0.15, 0.2) is 48.5 Å². The van der Waals surface area contributed by atoms with Crippen LogP contribution in [0.3, 0.4) is 0 Å². The molecule has 0 atom stereocenters. The number of fused-ring (bicyclic) bond motifs is 1. The fraction of sp³-hybridized carbons (Fsp3) is 0.316. The van der Waals surface area contributed by atoms with E-state index < -0.39 is 0 Å². The molecule has 0 spiro atoms. The van der Waals surface area contributed by atoms with Gasteiger partial charge < -0.3 is 14.6 Å². The van der Waals surface area contributed by atoms with Crippen molar-refractivity contribution in [1.29, 1.82) is 0 Å². The molecule has 1 N–H and O–H groups in total. The van der Waals surface area contributed by atoms with Crippen LogP contribution >= 0.6 is 0 Å². The number of ether oxygens (including phenoxy) is 1. The normalized spacial score (nSPS) is 11.1. The smallest absolute Gasteiger partial charge is 0.208 e. The number of anilines is 2. The third kappa shape index (κ3) is 3.47. The van der Waals surface area contributed by atoms with E-state index in [1.54, 1.807) is 7.11 Å². The van der Waals surface area contributed by atoms with Crippen molar-refractivity contribution in [2.75, 3.05) is 12.4 Å². The third-order valence-corrected chi connectivity index (χ3v) is 3.93. The Labute approximate surface area is 137 Å². The van der Waals surface area contributed by atoms with E-state index in [2.05, 4.69) is 41.9 Å². The summed E-state index contributed by atoms with van der Waals surface area (Å²) in [7, 11) is 1.67. The molecule has 0 bridgehead atoms. The Balaban J connectivity index is 1.92. The summed E-state index contributed by atoms with van der Waals surface area (Å²) >= 11 is 0. The Kier molecular flexibility index (Phi) is 4.51. The lowest BCUT2D eigenvalue weighted by Crippen LogP contribution is -2.06. The Morgan fingerprint density at radius 3 is 2.52 bits per heavy atom. The topological polar surface area (TPSA) is 39.1 Å². The molecular weight excluding hydrogens is 286 g/mol. The van der Waals surface area contributed by atoms with Crippen molar-refractivity contribution in [2.45, 2.75) is 26.8 Å². The summed E-state index contributed by atoms with van der Waals surface area (Å²) in [5.41, 5.74) is 3.20. The van der Waals surface area contributed by atoms with Crippen molar-refractivity contribution in [3.63, 3.8) is 0 Å². The lowest BCUT2D eigenvalue weighted by Gasteiger charge is -2.12.